The summed E-state index contributed by atoms with van der Waals surface area (Å²) in [5.74, 6) is -0.293. The molecule has 3 aromatic rings. The monoisotopic (exact) mass is 487 g/mol. The molecule has 1 aliphatic heterocycles. The highest BCUT2D eigenvalue weighted by molar-refractivity contribution is 6.20. The third kappa shape index (κ3) is 5.07. The molecule has 2 heterocycles. The summed E-state index contributed by atoms with van der Waals surface area (Å²) in [7, 11) is 0. The molecule has 0 bridgehead atoms. The van der Waals surface area contributed by atoms with E-state index in [9.17, 15) is 14.7 Å². The number of rotatable bonds is 8. The summed E-state index contributed by atoms with van der Waals surface area (Å²) < 4.78 is 11.4. The molecule has 0 saturated carbocycles. The number of ketones is 1. The number of nitrogens with zero attached hydrogens (tertiary/aromatic N) is 3. The van der Waals surface area contributed by atoms with Crippen LogP contribution in [-0.2, 0) is 4.79 Å². The van der Waals surface area contributed by atoms with E-state index in [2.05, 4.69) is 10.2 Å². The molecule has 1 N–H and O–H groups in total. The molecule has 1 atom stereocenters. The van der Waals surface area contributed by atoms with E-state index in [0.29, 0.717) is 28.3 Å². The van der Waals surface area contributed by atoms with Gasteiger partial charge in [0.1, 0.15) is 11.5 Å². The van der Waals surface area contributed by atoms with E-state index in [1.54, 1.807) is 67.6 Å². The van der Waals surface area contributed by atoms with Crippen molar-refractivity contribution in [2.45, 2.75) is 52.9 Å². The van der Waals surface area contributed by atoms with E-state index < -0.39 is 23.5 Å². The fourth-order valence-electron chi connectivity index (χ4n) is 4.02. The molecule has 0 radical (unpaired) electrons. The Bertz CT molecular complexity index is 1280. The zero-order valence-electron chi connectivity index (χ0n) is 20.9. The highest BCUT2D eigenvalue weighted by Gasteiger charge is 2.45. The molecule has 1 unspecified atom stereocenters. The molecular formula is C28H29N3O5. The Labute approximate surface area is 210 Å². The van der Waals surface area contributed by atoms with Crippen LogP contribution in [0.1, 0.15) is 55.4 Å². The largest absolute Gasteiger partial charge is 0.503 e. The average Bonchev–Trinajstić information content (AvgIpc) is 3.10. The highest BCUT2D eigenvalue weighted by Crippen LogP contribution is 2.41. The van der Waals surface area contributed by atoms with Gasteiger partial charge in [-0.1, -0.05) is 12.1 Å². The van der Waals surface area contributed by atoms with Crippen LogP contribution in [0, 0.1) is 6.92 Å². The van der Waals surface area contributed by atoms with Crippen molar-refractivity contribution in [1.29, 1.82) is 0 Å². The second-order valence-electron chi connectivity index (χ2n) is 9.13. The summed E-state index contributed by atoms with van der Waals surface area (Å²) in [6, 6.07) is 16.2. The van der Waals surface area contributed by atoms with Crippen LogP contribution in [0.5, 0.6) is 11.5 Å². The van der Waals surface area contributed by atoms with Crippen molar-refractivity contribution in [3.05, 3.63) is 88.8 Å². The van der Waals surface area contributed by atoms with Gasteiger partial charge in [0.05, 0.1) is 29.5 Å². The molecule has 36 heavy (non-hydrogen) atoms. The van der Waals surface area contributed by atoms with Gasteiger partial charge in [0.15, 0.2) is 17.4 Å². The van der Waals surface area contributed by atoms with Gasteiger partial charge in [-0.3, -0.25) is 14.5 Å². The Morgan fingerprint density at radius 2 is 1.42 bits per heavy atom. The first-order valence-corrected chi connectivity index (χ1v) is 11.8. The van der Waals surface area contributed by atoms with Crippen LogP contribution >= 0.6 is 0 Å². The predicted molar refractivity (Wildman–Crippen MR) is 135 cm³/mol. The topological polar surface area (TPSA) is 102 Å². The number of carbonyl (C=O) groups is 2. The van der Waals surface area contributed by atoms with Crippen LogP contribution in [-0.4, -0.2) is 39.2 Å². The molecule has 1 aliphatic rings. The maximum absolute atomic E-state index is 13.7. The number of aliphatic hydroxyl groups is 1. The Morgan fingerprint density at radius 3 is 1.92 bits per heavy atom. The molecule has 1 amide bonds. The maximum atomic E-state index is 13.7. The quantitative estimate of drug-likeness (QED) is 0.439. The summed E-state index contributed by atoms with van der Waals surface area (Å²) in [6.07, 6.45) is -0.0195. The van der Waals surface area contributed by atoms with Gasteiger partial charge in [-0.05, 0) is 88.7 Å². The van der Waals surface area contributed by atoms with Crippen molar-refractivity contribution >= 4 is 17.5 Å². The Hall–Kier alpha value is -4.20. The molecule has 0 saturated heterocycles. The molecule has 1 aromatic heterocycles. The zero-order valence-corrected chi connectivity index (χ0v) is 20.9. The molecule has 186 valence electrons. The molecule has 2 aromatic carbocycles. The molecule has 0 aliphatic carbocycles. The van der Waals surface area contributed by atoms with Gasteiger partial charge in [-0.25, -0.2) is 0 Å². The predicted octanol–water partition coefficient (Wildman–Crippen LogP) is 5.14. The van der Waals surface area contributed by atoms with Crippen LogP contribution in [0.4, 0.5) is 5.82 Å². The fraction of sp³-hybridized carbons (Fsp3) is 0.286. The van der Waals surface area contributed by atoms with E-state index >= 15 is 0 Å². The minimum absolute atomic E-state index is 0.00744. The molecule has 4 rings (SSSR count). The van der Waals surface area contributed by atoms with Crippen molar-refractivity contribution in [2.24, 2.45) is 0 Å². The van der Waals surface area contributed by atoms with E-state index in [-0.39, 0.29) is 23.6 Å². The lowest BCUT2D eigenvalue weighted by Gasteiger charge is -2.26. The lowest BCUT2D eigenvalue weighted by atomic mass is 9.92. The van der Waals surface area contributed by atoms with Gasteiger partial charge in [0.2, 0.25) is 0 Å². The van der Waals surface area contributed by atoms with Crippen molar-refractivity contribution in [2.75, 3.05) is 4.90 Å². The standard InChI is InChI=1S/C28H29N3O5/c1-16(2)35-21-11-7-19(8-12-21)25-24(26(32)20-9-13-22(14-10-20)36-17(3)4)27(33)28(34)31(25)23-15-6-18(5)29-30-23/h6-17,25,33H,1-5H3. The van der Waals surface area contributed by atoms with Crippen LogP contribution in [0.2, 0.25) is 0 Å². The Balaban J connectivity index is 1.77. The number of carbonyl (C=O) groups excluding carboxylic acids is 2. The summed E-state index contributed by atoms with van der Waals surface area (Å²) in [5, 5.41) is 19.1. The normalized spacial score (nSPS) is 15.7. The van der Waals surface area contributed by atoms with Crippen LogP contribution < -0.4 is 14.4 Å². The lowest BCUT2D eigenvalue weighted by Crippen LogP contribution is -2.32. The third-order valence-corrected chi connectivity index (χ3v) is 5.54. The summed E-state index contributed by atoms with van der Waals surface area (Å²) in [5.41, 5.74) is 1.59. The first kappa shape index (κ1) is 24.9. The number of hydrogen-bond donors (Lipinski definition) is 1. The minimum Gasteiger partial charge on any atom is -0.503 e. The van der Waals surface area contributed by atoms with Crippen LogP contribution in [0.25, 0.3) is 0 Å². The molecule has 0 fully saturated rings. The van der Waals surface area contributed by atoms with Gasteiger partial charge in [-0.15, -0.1) is 5.10 Å². The SMILES string of the molecule is Cc1ccc(N2C(=O)C(O)=C(C(=O)c3ccc(OC(C)C)cc3)C2c2ccc(OC(C)C)cc2)nn1. The van der Waals surface area contributed by atoms with E-state index in [0.717, 1.165) is 0 Å². The fourth-order valence-corrected chi connectivity index (χ4v) is 4.02. The Kier molecular flexibility index (Phi) is 7.05. The van der Waals surface area contributed by atoms with Crippen LogP contribution in [0.15, 0.2) is 72.0 Å². The van der Waals surface area contributed by atoms with Gasteiger partial charge in [-0.2, -0.15) is 5.10 Å². The number of benzene rings is 2. The summed E-state index contributed by atoms with van der Waals surface area (Å²) >= 11 is 0. The van der Waals surface area contributed by atoms with Gasteiger partial charge in [0.25, 0.3) is 5.91 Å². The third-order valence-electron chi connectivity index (χ3n) is 5.54. The molecular weight excluding hydrogens is 458 g/mol. The maximum Gasteiger partial charge on any atom is 0.295 e. The zero-order chi connectivity index (χ0) is 26.0. The van der Waals surface area contributed by atoms with E-state index in [4.69, 9.17) is 9.47 Å². The van der Waals surface area contributed by atoms with Gasteiger partial charge < -0.3 is 14.6 Å². The molecule has 8 heteroatoms. The van der Waals surface area contributed by atoms with Crippen LogP contribution in [0.3, 0.4) is 0 Å². The number of aryl methyl sites for hydroxylation is 1. The highest BCUT2D eigenvalue weighted by atomic mass is 16.5. The minimum atomic E-state index is -0.901. The lowest BCUT2D eigenvalue weighted by molar-refractivity contribution is -0.117. The number of hydrogen-bond acceptors (Lipinski definition) is 7. The second kappa shape index (κ2) is 10.2. The summed E-state index contributed by atoms with van der Waals surface area (Å²) in [6.45, 7) is 9.46. The first-order chi connectivity index (χ1) is 17.2. The average molecular weight is 488 g/mol. The van der Waals surface area contributed by atoms with Crippen molar-refractivity contribution < 1.29 is 24.2 Å². The molecule has 8 nitrogen and oxygen atoms in total. The Morgan fingerprint density at radius 1 is 0.861 bits per heavy atom. The number of amides is 1. The molecule has 0 spiro atoms. The number of aliphatic hydroxyl groups excluding tert-OH is 1. The van der Waals surface area contributed by atoms with E-state index in [1.807, 2.05) is 27.7 Å². The van der Waals surface area contributed by atoms with Crippen molar-refractivity contribution in [3.63, 3.8) is 0 Å². The number of Topliss-reactive ketones (excluding diaryl/α,β-unsaturated/α-hetero) is 1. The van der Waals surface area contributed by atoms with Crippen molar-refractivity contribution in [3.8, 4) is 11.5 Å². The summed E-state index contributed by atoms with van der Waals surface area (Å²) in [4.78, 5) is 28.2. The number of anilines is 1. The van der Waals surface area contributed by atoms with Crippen molar-refractivity contribution in [1.82, 2.24) is 10.2 Å². The number of ether oxygens (including phenoxy) is 2. The second-order valence-corrected chi connectivity index (χ2v) is 9.13. The smallest absolute Gasteiger partial charge is 0.295 e. The van der Waals surface area contributed by atoms with Gasteiger partial charge in [0, 0.05) is 5.56 Å². The first-order valence-electron chi connectivity index (χ1n) is 11.8. The van der Waals surface area contributed by atoms with Gasteiger partial charge >= 0.3 is 0 Å². The number of aromatic nitrogens is 2. The van der Waals surface area contributed by atoms with E-state index in [1.165, 1.54) is 4.90 Å².